The Bertz CT molecular complexity index is 848. The number of rotatable bonds is 2. The fourth-order valence-electron chi connectivity index (χ4n) is 2.34. The van der Waals surface area contributed by atoms with E-state index in [0.717, 1.165) is 11.1 Å². The molecule has 21 heavy (non-hydrogen) atoms. The van der Waals surface area contributed by atoms with Crippen LogP contribution in [0.15, 0.2) is 53.5 Å². The summed E-state index contributed by atoms with van der Waals surface area (Å²) in [6.45, 7) is 4.27. The Morgan fingerprint density at radius 2 is 1.81 bits per heavy atom. The van der Waals surface area contributed by atoms with E-state index >= 15 is 0 Å². The number of nitrogen functional groups attached to an aromatic ring is 1. The van der Waals surface area contributed by atoms with Crippen LogP contribution in [0.4, 0.5) is 5.69 Å². The lowest BCUT2D eigenvalue weighted by Crippen LogP contribution is -2.21. The van der Waals surface area contributed by atoms with Gasteiger partial charge >= 0.3 is 0 Å². The number of fused-ring (bicyclic) bond motifs is 1. The molecule has 0 bridgehead atoms. The first-order chi connectivity index (χ1) is 10.1. The van der Waals surface area contributed by atoms with E-state index in [2.05, 4.69) is 18.9 Å². The SMILES string of the molecule is CC(C)c1ccc(-n2ncc3ccc(N)cc3c2=O)cc1. The summed E-state index contributed by atoms with van der Waals surface area (Å²) in [7, 11) is 0. The fourth-order valence-corrected chi connectivity index (χ4v) is 2.34. The van der Waals surface area contributed by atoms with Gasteiger partial charge in [-0.1, -0.05) is 32.0 Å². The zero-order valence-corrected chi connectivity index (χ0v) is 12.1. The topological polar surface area (TPSA) is 60.9 Å². The van der Waals surface area contributed by atoms with Crippen molar-refractivity contribution in [2.24, 2.45) is 0 Å². The van der Waals surface area contributed by atoms with Crippen LogP contribution in [0.1, 0.15) is 25.3 Å². The minimum absolute atomic E-state index is 0.155. The molecule has 2 aromatic carbocycles. The van der Waals surface area contributed by atoms with Crippen LogP contribution in [0.3, 0.4) is 0 Å². The number of hydrogen-bond donors (Lipinski definition) is 1. The van der Waals surface area contributed by atoms with Gasteiger partial charge in [-0.2, -0.15) is 9.78 Å². The molecule has 2 N–H and O–H groups in total. The van der Waals surface area contributed by atoms with Crippen molar-refractivity contribution in [1.29, 1.82) is 0 Å². The normalized spacial score (nSPS) is 11.2. The lowest BCUT2D eigenvalue weighted by Gasteiger charge is -2.09. The lowest BCUT2D eigenvalue weighted by atomic mass is 10.0. The van der Waals surface area contributed by atoms with E-state index in [0.29, 0.717) is 17.0 Å². The number of nitrogens with zero attached hydrogens (tertiary/aromatic N) is 2. The monoisotopic (exact) mass is 279 g/mol. The number of aromatic nitrogens is 2. The van der Waals surface area contributed by atoms with Gasteiger partial charge in [-0.15, -0.1) is 0 Å². The maximum atomic E-state index is 12.5. The van der Waals surface area contributed by atoms with Crippen LogP contribution in [0.25, 0.3) is 16.5 Å². The average molecular weight is 279 g/mol. The summed E-state index contributed by atoms with van der Waals surface area (Å²) in [6, 6.07) is 13.2. The molecule has 0 fully saturated rings. The second kappa shape index (κ2) is 5.05. The van der Waals surface area contributed by atoms with Crippen LogP contribution in [-0.4, -0.2) is 9.78 Å². The highest BCUT2D eigenvalue weighted by Crippen LogP contribution is 2.17. The summed E-state index contributed by atoms with van der Waals surface area (Å²) in [4.78, 5) is 12.5. The summed E-state index contributed by atoms with van der Waals surface area (Å²) >= 11 is 0. The Kier molecular flexibility index (Phi) is 3.22. The molecule has 4 heteroatoms. The molecule has 0 aliphatic carbocycles. The molecule has 0 atom stereocenters. The van der Waals surface area contributed by atoms with Crippen molar-refractivity contribution < 1.29 is 0 Å². The fraction of sp³-hybridized carbons (Fsp3) is 0.176. The van der Waals surface area contributed by atoms with Gasteiger partial charge in [0.05, 0.1) is 17.3 Å². The Morgan fingerprint density at radius 3 is 2.48 bits per heavy atom. The zero-order valence-electron chi connectivity index (χ0n) is 12.1. The highest BCUT2D eigenvalue weighted by molar-refractivity contribution is 5.83. The van der Waals surface area contributed by atoms with E-state index in [9.17, 15) is 4.79 Å². The highest BCUT2D eigenvalue weighted by Gasteiger charge is 2.07. The number of benzene rings is 2. The Morgan fingerprint density at radius 1 is 1.10 bits per heavy atom. The smallest absolute Gasteiger partial charge is 0.279 e. The number of anilines is 1. The molecular formula is C17H17N3O. The Balaban J connectivity index is 2.16. The molecule has 4 nitrogen and oxygen atoms in total. The van der Waals surface area contributed by atoms with E-state index in [1.54, 1.807) is 18.3 Å². The van der Waals surface area contributed by atoms with Crippen molar-refractivity contribution in [2.45, 2.75) is 19.8 Å². The quantitative estimate of drug-likeness (QED) is 0.733. The number of nitrogens with two attached hydrogens (primary N) is 1. The van der Waals surface area contributed by atoms with E-state index in [1.165, 1.54) is 10.2 Å². The van der Waals surface area contributed by atoms with Gasteiger partial charge in [0.25, 0.3) is 5.56 Å². The third kappa shape index (κ3) is 2.40. The Hall–Kier alpha value is -2.62. The highest BCUT2D eigenvalue weighted by atomic mass is 16.1. The van der Waals surface area contributed by atoms with Crippen molar-refractivity contribution in [3.05, 3.63) is 64.6 Å². The van der Waals surface area contributed by atoms with Crippen molar-refractivity contribution in [3.8, 4) is 5.69 Å². The zero-order chi connectivity index (χ0) is 15.0. The second-order valence-corrected chi connectivity index (χ2v) is 5.45. The molecule has 106 valence electrons. The van der Waals surface area contributed by atoms with Crippen LogP contribution in [-0.2, 0) is 0 Å². The first kappa shape index (κ1) is 13.4. The third-order valence-electron chi connectivity index (χ3n) is 3.62. The first-order valence-corrected chi connectivity index (χ1v) is 6.94. The largest absolute Gasteiger partial charge is 0.399 e. The predicted octanol–water partition coefficient (Wildman–Crippen LogP) is 3.09. The Labute approximate surface area is 122 Å². The maximum absolute atomic E-state index is 12.5. The molecule has 0 spiro atoms. The van der Waals surface area contributed by atoms with E-state index in [-0.39, 0.29) is 5.56 Å². The van der Waals surface area contributed by atoms with Gasteiger partial charge < -0.3 is 5.73 Å². The lowest BCUT2D eigenvalue weighted by molar-refractivity contribution is 0.815. The summed E-state index contributed by atoms with van der Waals surface area (Å²) in [5, 5.41) is 5.62. The summed E-state index contributed by atoms with van der Waals surface area (Å²) in [6.07, 6.45) is 1.69. The summed E-state index contributed by atoms with van der Waals surface area (Å²) in [5.41, 5.74) is 8.18. The van der Waals surface area contributed by atoms with E-state index in [1.807, 2.05) is 30.3 Å². The molecule has 0 saturated heterocycles. The molecule has 3 aromatic rings. The molecule has 3 rings (SSSR count). The molecule has 0 radical (unpaired) electrons. The molecule has 0 aliphatic rings. The average Bonchev–Trinajstić information content (AvgIpc) is 2.48. The van der Waals surface area contributed by atoms with Gasteiger partial charge in [0.2, 0.25) is 0 Å². The number of hydrogen-bond acceptors (Lipinski definition) is 3. The summed E-state index contributed by atoms with van der Waals surface area (Å²) < 4.78 is 1.41. The molecule has 1 heterocycles. The van der Waals surface area contributed by atoms with Crippen molar-refractivity contribution in [3.63, 3.8) is 0 Å². The first-order valence-electron chi connectivity index (χ1n) is 6.94. The van der Waals surface area contributed by atoms with Gasteiger partial charge in [0.15, 0.2) is 0 Å². The van der Waals surface area contributed by atoms with Crippen LogP contribution >= 0.6 is 0 Å². The van der Waals surface area contributed by atoms with Gasteiger partial charge in [0.1, 0.15) is 0 Å². The van der Waals surface area contributed by atoms with Crippen molar-refractivity contribution in [2.75, 3.05) is 5.73 Å². The van der Waals surface area contributed by atoms with Crippen molar-refractivity contribution >= 4 is 16.5 Å². The molecule has 0 saturated carbocycles. The van der Waals surface area contributed by atoms with Crippen LogP contribution < -0.4 is 11.3 Å². The van der Waals surface area contributed by atoms with Crippen LogP contribution in [0.2, 0.25) is 0 Å². The van der Waals surface area contributed by atoms with Crippen molar-refractivity contribution in [1.82, 2.24) is 9.78 Å². The standard InChI is InChI=1S/C17H17N3O/c1-11(2)12-4-7-15(8-5-12)20-17(21)16-9-14(18)6-3-13(16)10-19-20/h3-11H,18H2,1-2H3. The second-order valence-electron chi connectivity index (χ2n) is 5.45. The van der Waals surface area contributed by atoms with E-state index < -0.39 is 0 Å². The minimum Gasteiger partial charge on any atom is -0.399 e. The third-order valence-corrected chi connectivity index (χ3v) is 3.62. The van der Waals surface area contributed by atoms with E-state index in [4.69, 9.17) is 5.73 Å². The minimum atomic E-state index is -0.155. The predicted molar refractivity (Wildman–Crippen MR) is 85.8 cm³/mol. The molecule has 0 amide bonds. The maximum Gasteiger partial charge on any atom is 0.279 e. The van der Waals surface area contributed by atoms with Gasteiger partial charge in [-0.3, -0.25) is 4.79 Å². The van der Waals surface area contributed by atoms with Gasteiger partial charge in [-0.05, 0) is 35.7 Å². The molecule has 0 aliphatic heterocycles. The molecule has 0 unspecified atom stereocenters. The summed E-state index contributed by atoms with van der Waals surface area (Å²) in [5.74, 6) is 0.458. The molecular weight excluding hydrogens is 262 g/mol. The van der Waals surface area contributed by atoms with Crippen LogP contribution in [0.5, 0.6) is 0 Å². The molecule has 1 aromatic heterocycles. The van der Waals surface area contributed by atoms with Gasteiger partial charge in [0, 0.05) is 11.1 Å². The van der Waals surface area contributed by atoms with Gasteiger partial charge in [-0.25, -0.2) is 0 Å². The van der Waals surface area contributed by atoms with Crippen LogP contribution in [0, 0.1) is 0 Å².